The van der Waals surface area contributed by atoms with Crippen LogP contribution in [0.15, 0.2) is 16.8 Å². The van der Waals surface area contributed by atoms with Crippen LogP contribution in [0.25, 0.3) is 11.3 Å². The Kier molecular flexibility index (Phi) is 4.51. The van der Waals surface area contributed by atoms with E-state index in [9.17, 15) is 4.79 Å². The molecule has 0 spiro atoms. The van der Waals surface area contributed by atoms with E-state index in [4.69, 9.17) is 9.51 Å². The summed E-state index contributed by atoms with van der Waals surface area (Å²) in [4.78, 5) is 24.0. The van der Waals surface area contributed by atoms with Crippen molar-refractivity contribution in [2.24, 2.45) is 5.92 Å². The van der Waals surface area contributed by atoms with E-state index >= 15 is 0 Å². The number of nitrogens with zero attached hydrogens (tertiary/aromatic N) is 4. The highest BCUT2D eigenvalue weighted by molar-refractivity contribution is 5.78. The van der Waals surface area contributed by atoms with E-state index < -0.39 is 0 Å². The molecule has 0 aromatic carbocycles. The lowest BCUT2D eigenvalue weighted by Gasteiger charge is -2.34. The van der Waals surface area contributed by atoms with Crippen LogP contribution in [0.5, 0.6) is 0 Å². The van der Waals surface area contributed by atoms with Gasteiger partial charge in [-0.1, -0.05) is 19.0 Å². The summed E-state index contributed by atoms with van der Waals surface area (Å²) in [6, 6.07) is 1.93. The first-order valence-corrected chi connectivity index (χ1v) is 9.62. The zero-order chi connectivity index (χ0) is 18.3. The summed E-state index contributed by atoms with van der Waals surface area (Å²) in [5.41, 5.74) is 2.77. The molecule has 1 saturated heterocycles. The van der Waals surface area contributed by atoms with Crippen molar-refractivity contribution in [1.29, 1.82) is 0 Å². The highest BCUT2D eigenvalue weighted by atomic mass is 16.5. The van der Waals surface area contributed by atoms with Crippen molar-refractivity contribution in [3.63, 3.8) is 0 Å². The van der Waals surface area contributed by atoms with Crippen molar-refractivity contribution in [3.8, 4) is 11.3 Å². The first-order chi connectivity index (χ1) is 12.5. The number of aromatic nitrogens is 3. The van der Waals surface area contributed by atoms with E-state index in [1.165, 1.54) is 12.8 Å². The molecule has 1 aliphatic carbocycles. The van der Waals surface area contributed by atoms with Crippen molar-refractivity contribution >= 4 is 5.91 Å². The number of aryl methyl sites for hydroxylation is 1. The highest BCUT2D eigenvalue weighted by Crippen LogP contribution is 2.40. The second-order valence-electron chi connectivity index (χ2n) is 7.91. The molecular formula is C20H26N4O2. The molecule has 4 rings (SSSR count). The molecule has 138 valence electrons. The Morgan fingerprint density at radius 1 is 1.27 bits per heavy atom. The zero-order valence-electron chi connectivity index (χ0n) is 15.7. The van der Waals surface area contributed by atoms with Crippen LogP contribution in [0, 0.1) is 12.8 Å². The van der Waals surface area contributed by atoms with Gasteiger partial charge in [0.05, 0.1) is 17.0 Å². The van der Waals surface area contributed by atoms with Gasteiger partial charge in [0.15, 0.2) is 5.76 Å². The lowest BCUT2D eigenvalue weighted by molar-refractivity contribution is -0.135. The predicted octanol–water partition coefficient (Wildman–Crippen LogP) is 3.68. The highest BCUT2D eigenvalue weighted by Gasteiger charge is 2.32. The van der Waals surface area contributed by atoms with Gasteiger partial charge in [-0.25, -0.2) is 9.97 Å². The smallest absolute Gasteiger partial charge is 0.225 e. The first-order valence-electron chi connectivity index (χ1n) is 9.62. The van der Waals surface area contributed by atoms with Gasteiger partial charge in [0, 0.05) is 43.1 Å². The molecule has 3 heterocycles. The number of hydrogen-bond acceptors (Lipinski definition) is 5. The maximum atomic E-state index is 12.5. The van der Waals surface area contributed by atoms with Gasteiger partial charge in [-0.2, -0.15) is 0 Å². The third-order valence-electron chi connectivity index (χ3n) is 5.29. The normalized spacial score (nSPS) is 20.6. The summed E-state index contributed by atoms with van der Waals surface area (Å²) in [7, 11) is 0. The number of carbonyl (C=O) groups excluding carboxylic acids is 1. The van der Waals surface area contributed by atoms with Crippen LogP contribution < -0.4 is 0 Å². The Balaban J connectivity index is 1.69. The maximum Gasteiger partial charge on any atom is 0.225 e. The topological polar surface area (TPSA) is 72.1 Å². The SMILES string of the molecule is Cc1cc(-c2cnc(C3CC3)nc2C2CCCN(C(=O)C(C)C)C2)on1. The molecule has 1 unspecified atom stereocenters. The molecule has 1 atom stereocenters. The van der Waals surface area contributed by atoms with Crippen LogP contribution in [-0.4, -0.2) is 39.0 Å². The Morgan fingerprint density at radius 3 is 2.73 bits per heavy atom. The van der Waals surface area contributed by atoms with Crippen molar-refractivity contribution in [1.82, 2.24) is 20.0 Å². The number of carbonyl (C=O) groups is 1. The minimum Gasteiger partial charge on any atom is -0.356 e. The summed E-state index contributed by atoms with van der Waals surface area (Å²) in [6.07, 6.45) is 6.26. The molecule has 0 radical (unpaired) electrons. The number of amides is 1. The maximum absolute atomic E-state index is 12.5. The van der Waals surface area contributed by atoms with Gasteiger partial charge in [0.2, 0.25) is 5.91 Å². The average molecular weight is 354 g/mol. The molecule has 2 aliphatic rings. The molecule has 2 fully saturated rings. The van der Waals surface area contributed by atoms with Crippen LogP contribution in [-0.2, 0) is 4.79 Å². The Bertz CT molecular complexity index is 810. The standard InChI is InChI=1S/C20H26N4O2/c1-12(2)20(25)24-8-4-5-15(11-24)18-16(17-9-13(3)23-26-17)10-21-19(22-18)14-6-7-14/h9-10,12,14-15H,4-8,11H2,1-3H3. The lowest BCUT2D eigenvalue weighted by atomic mass is 9.90. The van der Waals surface area contributed by atoms with Crippen LogP contribution in [0.2, 0.25) is 0 Å². The second-order valence-corrected chi connectivity index (χ2v) is 7.91. The third kappa shape index (κ3) is 3.37. The molecule has 6 heteroatoms. The van der Waals surface area contributed by atoms with Crippen LogP contribution >= 0.6 is 0 Å². The summed E-state index contributed by atoms with van der Waals surface area (Å²) < 4.78 is 5.50. The molecule has 1 amide bonds. The van der Waals surface area contributed by atoms with Gasteiger partial charge in [-0.05, 0) is 32.6 Å². The minimum atomic E-state index is 0.0255. The van der Waals surface area contributed by atoms with Gasteiger partial charge in [0.1, 0.15) is 5.82 Å². The van der Waals surface area contributed by atoms with Crippen LogP contribution in [0.1, 0.15) is 68.6 Å². The number of rotatable bonds is 4. The van der Waals surface area contributed by atoms with Crippen molar-refractivity contribution in [3.05, 3.63) is 29.5 Å². The molecule has 0 N–H and O–H groups in total. The monoisotopic (exact) mass is 354 g/mol. The van der Waals surface area contributed by atoms with Gasteiger partial charge >= 0.3 is 0 Å². The van der Waals surface area contributed by atoms with Gasteiger partial charge in [-0.15, -0.1) is 0 Å². The van der Waals surface area contributed by atoms with Gasteiger partial charge in [-0.3, -0.25) is 4.79 Å². The fourth-order valence-electron chi connectivity index (χ4n) is 3.70. The average Bonchev–Trinajstić information content (AvgIpc) is 3.42. The predicted molar refractivity (Wildman–Crippen MR) is 97.6 cm³/mol. The molecule has 26 heavy (non-hydrogen) atoms. The lowest BCUT2D eigenvalue weighted by Crippen LogP contribution is -2.41. The van der Waals surface area contributed by atoms with Crippen molar-refractivity contribution in [2.45, 2.75) is 58.3 Å². The molecule has 2 aromatic heterocycles. The second kappa shape index (κ2) is 6.82. The van der Waals surface area contributed by atoms with E-state index in [0.29, 0.717) is 11.7 Å². The summed E-state index contributed by atoms with van der Waals surface area (Å²) in [5.74, 6) is 2.61. The van der Waals surface area contributed by atoms with Crippen LogP contribution in [0.3, 0.4) is 0 Å². The molecule has 2 aromatic rings. The van der Waals surface area contributed by atoms with E-state index in [1.54, 1.807) is 0 Å². The largest absolute Gasteiger partial charge is 0.356 e. The Morgan fingerprint density at radius 2 is 2.08 bits per heavy atom. The van der Waals surface area contributed by atoms with Gasteiger partial charge < -0.3 is 9.42 Å². The van der Waals surface area contributed by atoms with Crippen molar-refractivity contribution in [2.75, 3.05) is 13.1 Å². The molecule has 0 bridgehead atoms. The Hall–Kier alpha value is -2.24. The summed E-state index contributed by atoms with van der Waals surface area (Å²) in [5, 5.41) is 4.02. The molecule has 6 nitrogen and oxygen atoms in total. The number of hydrogen-bond donors (Lipinski definition) is 0. The molecule has 1 saturated carbocycles. The number of likely N-dealkylation sites (tertiary alicyclic amines) is 1. The minimum absolute atomic E-state index is 0.0255. The third-order valence-corrected chi connectivity index (χ3v) is 5.29. The zero-order valence-corrected chi connectivity index (χ0v) is 15.7. The van der Waals surface area contributed by atoms with E-state index in [0.717, 1.165) is 48.7 Å². The van der Waals surface area contributed by atoms with Crippen molar-refractivity contribution < 1.29 is 9.32 Å². The molecule has 1 aliphatic heterocycles. The quantitative estimate of drug-likeness (QED) is 0.837. The van der Waals surface area contributed by atoms with E-state index in [-0.39, 0.29) is 17.7 Å². The van der Waals surface area contributed by atoms with Gasteiger partial charge in [0.25, 0.3) is 0 Å². The van der Waals surface area contributed by atoms with Crippen LogP contribution in [0.4, 0.5) is 0 Å². The summed E-state index contributed by atoms with van der Waals surface area (Å²) >= 11 is 0. The fourth-order valence-corrected chi connectivity index (χ4v) is 3.70. The first kappa shape index (κ1) is 17.2. The Labute approximate surface area is 154 Å². The van der Waals surface area contributed by atoms with E-state index in [2.05, 4.69) is 10.1 Å². The molecular weight excluding hydrogens is 328 g/mol. The van der Waals surface area contributed by atoms with E-state index in [1.807, 2.05) is 37.9 Å². The summed E-state index contributed by atoms with van der Waals surface area (Å²) in [6.45, 7) is 7.40. The fraction of sp³-hybridized carbons (Fsp3) is 0.600. The number of piperidine rings is 1.